The van der Waals surface area contributed by atoms with Crippen LogP contribution in [0.5, 0.6) is 5.75 Å². The Balaban J connectivity index is 1.93. The summed E-state index contributed by atoms with van der Waals surface area (Å²) in [6.45, 7) is 4.74. The summed E-state index contributed by atoms with van der Waals surface area (Å²) in [5.41, 5.74) is 1.73. The van der Waals surface area contributed by atoms with Crippen molar-refractivity contribution in [1.29, 1.82) is 0 Å². The molecule has 2 aromatic rings. The highest BCUT2D eigenvalue weighted by molar-refractivity contribution is 7.89. The number of nitrogens with one attached hydrogen (secondary N) is 1. The van der Waals surface area contributed by atoms with Crippen LogP contribution in [0.1, 0.15) is 50.2 Å². The third kappa shape index (κ3) is 7.06. The van der Waals surface area contributed by atoms with E-state index >= 15 is 0 Å². The van der Waals surface area contributed by atoms with Gasteiger partial charge in [-0.2, -0.15) is 13.5 Å². The number of hydrogen-bond acceptors (Lipinski definition) is 4. The number of sulfonamides is 1. The summed E-state index contributed by atoms with van der Waals surface area (Å²) >= 11 is 0. The number of rotatable bonds is 11. The summed E-state index contributed by atoms with van der Waals surface area (Å²) in [7, 11) is -3.68. The highest BCUT2D eigenvalue weighted by Crippen LogP contribution is 2.17. The predicted octanol–water partition coefficient (Wildman–Crippen LogP) is 4.66. The molecule has 0 aromatic heterocycles. The highest BCUT2D eigenvalue weighted by Gasteiger charge is 2.12. The van der Waals surface area contributed by atoms with Crippen molar-refractivity contribution in [1.82, 2.24) is 4.83 Å². The first-order valence-electron chi connectivity index (χ1n) is 9.36. The molecule has 0 aliphatic rings. The molecule has 0 saturated carbocycles. The molecule has 27 heavy (non-hydrogen) atoms. The van der Waals surface area contributed by atoms with Crippen LogP contribution < -0.4 is 9.57 Å². The molecule has 0 fully saturated rings. The third-order valence-corrected chi connectivity index (χ3v) is 5.37. The number of ether oxygens (including phenoxy) is 1. The molecule has 0 atom stereocenters. The smallest absolute Gasteiger partial charge is 0.276 e. The van der Waals surface area contributed by atoms with Crippen LogP contribution >= 0.6 is 0 Å². The van der Waals surface area contributed by atoms with Gasteiger partial charge in [-0.1, -0.05) is 62.4 Å². The zero-order valence-electron chi connectivity index (χ0n) is 16.0. The molecule has 0 radical (unpaired) electrons. The van der Waals surface area contributed by atoms with Gasteiger partial charge in [0.05, 0.1) is 17.7 Å². The van der Waals surface area contributed by atoms with Gasteiger partial charge in [0.2, 0.25) is 0 Å². The standard InChI is InChI=1S/C21H28N2O3S/c1-3-4-5-6-9-16-26-21-11-8-7-10-19(21)17-22-23-27(24,25)20-14-12-18(2)13-15-20/h7-8,10-15,17,23H,3-6,9,16H2,1-2H3/b22-17+. The average Bonchev–Trinajstić information content (AvgIpc) is 2.66. The summed E-state index contributed by atoms with van der Waals surface area (Å²) in [4.78, 5) is 2.43. The lowest BCUT2D eigenvalue weighted by Gasteiger charge is -2.09. The fraction of sp³-hybridized carbons (Fsp3) is 0.381. The Morgan fingerprint density at radius 2 is 1.70 bits per heavy atom. The summed E-state index contributed by atoms with van der Waals surface area (Å²) < 4.78 is 30.3. The molecule has 0 aliphatic carbocycles. The second-order valence-electron chi connectivity index (χ2n) is 6.47. The molecule has 0 amide bonds. The van der Waals surface area contributed by atoms with Gasteiger partial charge in [-0.25, -0.2) is 4.83 Å². The Labute approximate surface area is 162 Å². The van der Waals surface area contributed by atoms with E-state index in [2.05, 4.69) is 16.9 Å². The third-order valence-electron chi connectivity index (χ3n) is 4.13. The zero-order valence-corrected chi connectivity index (χ0v) is 16.8. The van der Waals surface area contributed by atoms with Crippen molar-refractivity contribution >= 4 is 16.2 Å². The van der Waals surface area contributed by atoms with Crippen LogP contribution in [0.4, 0.5) is 0 Å². The van der Waals surface area contributed by atoms with E-state index in [-0.39, 0.29) is 4.90 Å². The van der Waals surface area contributed by atoms with Crippen molar-refractivity contribution in [2.75, 3.05) is 6.61 Å². The number of unbranched alkanes of at least 4 members (excludes halogenated alkanes) is 4. The molecule has 1 N–H and O–H groups in total. The SMILES string of the molecule is CCCCCCCOc1ccccc1/C=N/NS(=O)(=O)c1ccc(C)cc1. The minimum atomic E-state index is -3.68. The van der Waals surface area contributed by atoms with Crippen molar-refractivity contribution < 1.29 is 13.2 Å². The van der Waals surface area contributed by atoms with E-state index in [1.807, 2.05) is 31.2 Å². The van der Waals surface area contributed by atoms with Gasteiger partial charge in [0.25, 0.3) is 10.0 Å². The zero-order chi connectivity index (χ0) is 19.5. The lowest BCUT2D eigenvalue weighted by molar-refractivity contribution is 0.304. The molecule has 2 aromatic carbocycles. The number of aryl methyl sites for hydroxylation is 1. The summed E-state index contributed by atoms with van der Waals surface area (Å²) in [6.07, 6.45) is 7.33. The number of hydrazone groups is 1. The fourth-order valence-corrected chi connectivity index (χ4v) is 3.33. The molecular weight excluding hydrogens is 360 g/mol. The number of nitrogens with zero attached hydrogens (tertiary/aromatic N) is 1. The maximum Gasteiger partial charge on any atom is 0.276 e. The van der Waals surface area contributed by atoms with Crippen LogP contribution in [0.25, 0.3) is 0 Å². The van der Waals surface area contributed by atoms with Crippen molar-refractivity contribution in [3.8, 4) is 5.75 Å². The van der Waals surface area contributed by atoms with Crippen molar-refractivity contribution in [3.05, 3.63) is 59.7 Å². The van der Waals surface area contributed by atoms with E-state index in [1.165, 1.54) is 25.5 Å². The lowest BCUT2D eigenvalue weighted by atomic mass is 10.2. The summed E-state index contributed by atoms with van der Waals surface area (Å²) in [5.74, 6) is 0.700. The highest BCUT2D eigenvalue weighted by atomic mass is 32.2. The van der Waals surface area contributed by atoms with E-state index in [9.17, 15) is 8.42 Å². The second-order valence-corrected chi connectivity index (χ2v) is 8.13. The molecule has 0 saturated heterocycles. The Morgan fingerprint density at radius 3 is 2.44 bits per heavy atom. The Morgan fingerprint density at radius 1 is 1.00 bits per heavy atom. The first kappa shape index (κ1) is 21.0. The van der Waals surface area contributed by atoms with Crippen LogP contribution in [0, 0.1) is 6.92 Å². The van der Waals surface area contributed by atoms with Crippen molar-refractivity contribution in [2.24, 2.45) is 5.10 Å². The van der Waals surface area contributed by atoms with Gasteiger partial charge in [0.1, 0.15) is 5.75 Å². The van der Waals surface area contributed by atoms with Crippen LogP contribution in [0.2, 0.25) is 0 Å². The monoisotopic (exact) mass is 388 g/mol. The van der Waals surface area contributed by atoms with Gasteiger partial charge in [-0.15, -0.1) is 0 Å². The fourth-order valence-electron chi connectivity index (χ4n) is 2.54. The van der Waals surface area contributed by atoms with Gasteiger partial charge in [-0.05, 0) is 37.6 Å². The maximum atomic E-state index is 12.3. The van der Waals surface area contributed by atoms with Gasteiger partial charge in [0.15, 0.2) is 0 Å². The Bertz CT molecular complexity index is 831. The molecule has 6 heteroatoms. The van der Waals surface area contributed by atoms with Gasteiger partial charge < -0.3 is 4.74 Å². The van der Waals surface area contributed by atoms with E-state index in [4.69, 9.17) is 4.74 Å². The van der Waals surface area contributed by atoms with Crippen LogP contribution in [-0.2, 0) is 10.0 Å². The molecule has 0 unspecified atom stereocenters. The first-order chi connectivity index (χ1) is 13.0. The van der Waals surface area contributed by atoms with Gasteiger partial charge in [0, 0.05) is 5.56 Å². The lowest BCUT2D eigenvalue weighted by Crippen LogP contribution is -2.18. The molecule has 0 spiro atoms. The molecule has 146 valence electrons. The maximum absolute atomic E-state index is 12.3. The molecule has 0 bridgehead atoms. The second kappa shape index (κ2) is 10.7. The quantitative estimate of drug-likeness (QED) is 0.346. The van der Waals surface area contributed by atoms with E-state index in [0.717, 1.165) is 24.0 Å². The number of hydrogen-bond donors (Lipinski definition) is 1. The topological polar surface area (TPSA) is 67.8 Å². The predicted molar refractivity (Wildman–Crippen MR) is 110 cm³/mol. The molecule has 0 aliphatic heterocycles. The molecule has 2 rings (SSSR count). The summed E-state index contributed by atoms with van der Waals surface area (Å²) in [6, 6.07) is 14.1. The number of para-hydroxylation sites is 1. The average molecular weight is 389 g/mol. The van der Waals surface area contributed by atoms with Crippen LogP contribution in [0.15, 0.2) is 58.5 Å². The molecular formula is C21H28N2O3S. The van der Waals surface area contributed by atoms with Crippen molar-refractivity contribution in [3.63, 3.8) is 0 Å². The van der Waals surface area contributed by atoms with Crippen LogP contribution in [-0.4, -0.2) is 21.2 Å². The van der Waals surface area contributed by atoms with E-state index < -0.39 is 10.0 Å². The minimum absolute atomic E-state index is 0.182. The van der Waals surface area contributed by atoms with Crippen molar-refractivity contribution in [2.45, 2.75) is 50.8 Å². The van der Waals surface area contributed by atoms with Gasteiger partial charge in [-0.3, -0.25) is 0 Å². The largest absolute Gasteiger partial charge is 0.493 e. The first-order valence-corrected chi connectivity index (χ1v) is 10.8. The molecule has 5 nitrogen and oxygen atoms in total. The Kier molecular flexibility index (Phi) is 8.33. The summed E-state index contributed by atoms with van der Waals surface area (Å²) in [5, 5.41) is 3.90. The minimum Gasteiger partial charge on any atom is -0.493 e. The van der Waals surface area contributed by atoms with Gasteiger partial charge >= 0.3 is 0 Å². The Hall–Kier alpha value is -2.34. The van der Waals surface area contributed by atoms with E-state index in [1.54, 1.807) is 24.3 Å². The molecule has 0 heterocycles. The van der Waals surface area contributed by atoms with Crippen LogP contribution in [0.3, 0.4) is 0 Å². The normalized spacial score (nSPS) is 11.6. The van der Waals surface area contributed by atoms with E-state index in [0.29, 0.717) is 12.4 Å². The number of benzene rings is 2.